The lowest BCUT2D eigenvalue weighted by atomic mass is 10.2. The van der Waals surface area contributed by atoms with Crippen molar-refractivity contribution in [2.24, 2.45) is 0 Å². The Hall–Kier alpha value is -2.89. The van der Waals surface area contributed by atoms with E-state index in [4.69, 9.17) is 9.47 Å². The van der Waals surface area contributed by atoms with Crippen molar-refractivity contribution in [2.45, 2.75) is 13.8 Å². The molecular weight excluding hydrogens is 342 g/mol. The van der Waals surface area contributed by atoms with Crippen LogP contribution in [0, 0.1) is 6.92 Å². The van der Waals surface area contributed by atoms with Crippen LogP contribution in [-0.2, 0) is 0 Å². The SMILES string of the molecule is CCOc1ccc(NC(=O)N2CCN(c3ccccc3OC)CC2)c(C)c1. The van der Waals surface area contributed by atoms with Gasteiger partial charge in [0.1, 0.15) is 11.5 Å². The highest BCUT2D eigenvalue weighted by Crippen LogP contribution is 2.28. The number of amides is 2. The van der Waals surface area contributed by atoms with Crippen LogP contribution >= 0.6 is 0 Å². The molecule has 2 aromatic carbocycles. The number of rotatable bonds is 5. The van der Waals surface area contributed by atoms with Crippen LogP contribution in [0.15, 0.2) is 42.5 Å². The van der Waals surface area contributed by atoms with Crippen LogP contribution in [0.5, 0.6) is 11.5 Å². The molecule has 0 bridgehead atoms. The summed E-state index contributed by atoms with van der Waals surface area (Å²) in [5.41, 5.74) is 2.87. The zero-order chi connectivity index (χ0) is 19.2. The normalized spacial score (nSPS) is 14.0. The minimum Gasteiger partial charge on any atom is -0.495 e. The van der Waals surface area contributed by atoms with E-state index < -0.39 is 0 Å². The highest BCUT2D eigenvalue weighted by molar-refractivity contribution is 5.90. The molecule has 6 nitrogen and oxygen atoms in total. The van der Waals surface area contributed by atoms with Crippen molar-refractivity contribution in [3.8, 4) is 11.5 Å². The summed E-state index contributed by atoms with van der Waals surface area (Å²) in [6.45, 7) is 7.43. The second-order valence-electron chi connectivity index (χ2n) is 6.49. The van der Waals surface area contributed by atoms with Gasteiger partial charge in [0, 0.05) is 31.9 Å². The highest BCUT2D eigenvalue weighted by Gasteiger charge is 2.23. The van der Waals surface area contributed by atoms with Crippen molar-refractivity contribution < 1.29 is 14.3 Å². The van der Waals surface area contributed by atoms with Crippen LogP contribution in [0.3, 0.4) is 0 Å². The molecule has 1 saturated heterocycles. The molecule has 0 aliphatic carbocycles. The number of benzene rings is 2. The molecule has 0 radical (unpaired) electrons. The molecule has 27 heavy (non-hydrogen) atoms. The van der Waals surface area contributed by atoms with Gasteiger partial charge in [-0.3, -0.25) is 0 Å². The molecule has 1 heterocycles. The quantitative estimate of drug-likeness (QED) is 0.872. The molecule has 0 unspecified atom stereocenters. The van der Waals surface area contributed by atoms with E-state index in [1.165, 1.54) is 0 Å². The van der Waals surface area contributed by atoms with Crippen molar-refractivity contribution in [1.29, 1.82) is 0 Å². The van der Waals surface area contributed by atoms with E-state index in [0.29, 0.717) is 19.7 Å². The van der Waals surface area contributed by atoms with Crippen molar-refractivity contribution in [3.05, 3.63) is 48.0 Å². The largest absolute Gasteiger partial charge is 0.495 e. The molecule has 1 aliphatic rings. The fourth-order valence-electron chi connectivity index (χ4n) is 3.27. The van der Waals surface area contributed by atoms with Crippen molar-refractivity contribution in [2.75, 3.05) is 50.1 Å². The molecular formula is C21H27N3O3. The second kappa shape index (κ2) is 8.66. The average molecular weight is 369 g/mol. The van der Waals surface area contributed by atoms with Gasteiger partial charge in [0.05, 0.1) is 19.4 Å². The number of nitrogens with zero attached hydrogens (tertiary/aromatic N) is 2. The average Bonchev–Trinajstić information content (AvgIpc) is 2.70. The summed E-state index contributed by atoms with van der Waals surface area (Å²) in [5.74, 6) is 1.68. The lowest BCUT2D eigenvalue weighted by Gasteiger charge is -2.36. The van der Waals surface area contributed by atoms with E-state index >= 15 is 0 Å². The second-order valence-corrected chi connectivity index (χ2v) is 6.49. The fourth-order valence-corrected chi connectivity index (χ4v) is 3.27. The van der Waals surface area contributed by atoms with Crippen molar-refractivity contribution in [1.82, 2.24) is 4.90 Å². The molecule has 0 aromatic heterocycles. The molecule has 1 fully saturated rings. The van der Waals surface area contributed by atoms with Crippen LogP contribution in [0.2, 0.25) is 0 Å². The van der Waals surface area contributed by atoms with Gasteiger partial charge in [0.2, 0.25) is 0 Å². The maximum absolute atomic E-state index is 12.6. The first-order chi connectivity index (χ1) is 13.1. The molecule has 2 amide bonds. The van der Waals surface area contributed by atoms with Gasteiger partial charge in [-0.1, -0.05) is 12.1 Å². The van der Waals surface area contributed by atoms with Crippen LogP contribution in [0.4, 0.5) is 16.2 Å². The lowest BCUT2D eigenvalue weighted by molar-refractivity contribution is 0.208. The maximum Gasteiger partial charge on any atom is 0.321 e. The van der Waals surface area contributed by atoms with Crippen LogP contribution in [0.25, 0.3) is 0 Å². The standard InChI is InChI=1S/C21H27N3O3/c1-4-27-17-9-10-18(16(2)15-17)22-21(25)24-13-11-23(12-14-24)19-7-5-6-8-20(19)26-3/h5-10,15H,4,11-14H2,1-3H3,(H,22,25). The first-order valence-corrected chi connectivity index (χ1v) is 9.29. The predicted octanol–water partition coefficient (Wildman–Crippen LogP) is 3.76. The zero-order valence-corrected chi connectivity index (χ0v) is 16.2. The molecule has 3 rings (SSSR count). The summed E-state index contributed by atoms with van der Waals surface area (Å²) >= 11 is 0. The third-order valence-corrected chi connectivity index (χ3v) is 4.74. The minimum absolute atomic E-state index is 0.0677. The number of methoxy groups -OCH3 is 1. The van der Waals surface area contributed by atoms with Crippen molar-refractivity contribution >= 4 is 17.4 Å². The molecule has 0 saturated carbocycles. The molecule has 1 aliphatic heterocycles. The van der Waals surface area contributed by atoms with E-state index in [1.807, 2.05) is 55.1 Å². The monoisotopic (exact) mass is 369 g/mol. The van der Waals surface area contributed by atoms with E-state index in [9.17, 15) is 4.79 Å². The molecule has 1 N–H and O–H groups in total. The van der Waals surface area contributed by atoms with Crippen LogP contribution in [0.1, 0.15) is 12.5 Å². The molecule has 0 spiro atoms. The van der Waals surface area contributed by atoms with E-state index in [-0.39, 0.29) is 6.03 Å². The number of urea groups is 1. The number of carbonyl (C=O) groups excluding carboxylic acids is 1. The molecule has 6 heteroatoms. The number of hydrogen-bond acceptors (Lipinski definition) is 4. The summed E-state index contributed by atoms with van der Waals surface area (Å²) in [4.78, 5) is 16.7. The van der Waals surface area contributed by atoms with Gasteiger partial charge in [-0.05, 0) is 49.7 Å². The number of para-hydroxylation sites is 2. The number of carbonyl (C=O) groups is 1. The number of nitrogens with one attached hydrogen (secondary N) is 1. The van der Waals surface area contributed by atoms with Gasteiger partial charge in [-0.15, -0.1) is 0 Å². The number of anilines is 2. The molecule has 144 valence electrons. The zero-order valence-electron chi connectivity index (χ0n) is 16.2. The number of piperazine rings is 1. The topological polar surface area (TPSA) is 54.0 Å². The predicted molar refractivity (Wildman–Crippen MR) is 108 cm³/mol. The smallest absolute Gasteiger partial charge is 0.321 e. The Balaban J connectivity index is 1.59. The number of ether oxygens (including phenoxy) is 2. The summed E-state index contributed by atoms with van der Waals surface area (Å²) in [5, 5.41) is 3.01. The van der Waals surface area contributed by atoms with E-state index in [2.05, 4.69) is 16.3 Å². The summed E-state index contributed by atoms with van der Waals surface area (Å²) in [6.07, 6.45) is 0. The van der Waals surface area contributed by atoms with Crippen LogP contribution in [-0.4, -0.2) is 50.8 Å². The summed E-state index contributed by atoms with van der Waals surface area (Å²) in [6, 6.07) is 13.6. The number of hydrogen-bond donors (Lipinski definition) is 1. The third kappa shape index (κ3) is 4.45. The van der Waals surface area contributed by atoms with E-state index in [1.54, 1.807) is 7.11 Å². The Morgan fingerprint density at radius 1 is 1.11 bits per heavy atom. The first-order valence-electron chi connectivity index (χ1n) is 9.29. The fraction of sp³-hybridized carbons (Fsp3) is 0.381. The lowest BCUT2D eigenvalue weighted by Crippen LogP contribution is -2.50. The van der Waals surface area contributed by atoms with E-state index in [0.717, 1.165) is 41.5 Å². The summed E-state index contributed by atoms with van der Waals surface area (Å²) < 4.78 is 10.9. The molecule has 0 atom stereocenters. The Bertz CT molecular complexity index is 786. The Morgan fingerprint density at radius 2 is 1.85 bits per heavy atom. The van der Waals surface area contributed by atoms with Gasteiger partial charge >= 0.3 is 6.03 Å². The highest BCUT2D eigenvalue weighted by atomic mass is 16.5. The molecule has 2 aromatic rings. The first kappa shape index (κ1) is 18.9. The Morgan fingerprint density at radius 3 is 2.52 bits per heavy atom. The Labute approximate surface area is 160 Å². The Kier molecular flexibility index (Phi) is 6.06. The van der Waals surface area contributed by atoms with Gasteiger partial charge in [-0.25, -0.2) is 4.79 Å². The maximum atomic E-state index is 12.6. The van der Waals surface area contributed by atoms with Crippen molar-refractivity contribution in [3.63, 3.8) is 0 Å². The number of aryl methyl sites for hydroxylation is 1. The van der Waals surface area contributed by atoms with Gasteiger partial charge < -0.3 is 24.6 Å². The van der Waals surface area contributed by atoms with Crippen LogP contribution < -0.4 is 19.7 Å². The summed E-state index contributed by atoms with van der Waals surface area (Å²) in [7, 11) is 1.68. The third-order valence-electron chi connectivity index (χ3n) is 4.74. The van der Waals surface area contributed by atoms with Gasteiger partial charge in [0.15, 0.2) is 0 Å². The van der Waals surface area contributed by atoms with Gasteiger partial charge in [0.25, 0.3) is 0 Å². The minimum atomic E-state index is -0.0677. The van der Waals surface area contributed by atoms with Gasteiger partial charge in [-0.2, -0.15) is 0 Å².